The molecule has 0 atom stereocenters. The van der Waals surface area contributed by atoms with E-state index < -0.39 is 0 Å². The van der Waals surface area contributed by atoms with Gasteiger partial charge in [0.1, 0.15) is 12.2 Å². The van der Waals surface area contributed by atoms with Gasteiger partial charge in [0.25, 0.3) is 0 Å². The summed E-state index contributed by atoms with van der Waals surface area (Å²) in [6.07, 6.45) is 3.47. The van der Waals surface area contributed by atoms with E-state index in [2.05, 4.69) is 50.3 Å². The Bertz CT molecular complexity index is 766. The number of hydrogen-bond acceptors (Lipinski definition) is 5. The van der Waals surface area contributed by atoms with Crippen LogP contribution >= 0.6 is 24.0 Å². The van der Waals surface area contributed by atoms with Crippen molar-refractivity contribution in [1.82, 2.24) is 25.4 Å². The van der Waals surface area contributed by atoms with Crippen LogP contribution in [0.25, 0.3) is 0 Å². The number of guanidine groups is 1. The number of nitrogens with one attached hydrogen (secondary N) is 2. The summed E-state index contributed by atoms with van der Waals surface area (Å²) in [4.78, 5) is 4.69. The fourth-order valence-electron chi connectivity index (χ4n) is 2.92. The Morgan fingerprint density at radius 3 is 2.53 bits per heavy atom. The van der Waals surface area contributed by atoms with Crippen LogP contribution in [0.15, 0.2) is 29.5 Å². The lowest BCUT2D eigenvalue weighted by atomic mass is 10.1. The molecule has 9 heteroatoms. The quantitative estimate of drug-likeness (QED) is 0.249. The van der Waals surface area contributed by atoms with Crippen molar-refractivity contribution in [3.05, 3.63) is 35.9 Å². The smallest absolute Gasteiger partial charge is 0.191 e. The van der Waals surface area contributed by atoms with Crippen LogP contribution in [0.5, 0.6) is 11.5 Å². The fraction of sp³-hybridized carbons (Fsp3) is 0.571. The fourth-order valence-corrected chi connectivity index (χ4v) is 2.92. The molecule has 0 aliphatic carbocycles. The monoisotopic (exact) mass is 530 g/mol. The van der Waals surface area contributed by atoms with Crippen molar-refractivity contribution in [2.75, 3.05) is 32.8 Å². The minimum Gasteiger partial charge on any atom is -0.490 e. The molecule has 2 rings (SSSR count). The van der Waals surface area contributed by atoms with Gasteiger partial charge in [0.2, 0.25) is 0 Å². The third kappa shape index (κ3) is 8.37. The molecular formula is C21H35IN6O2. The second kappa shape index (κ2) is 14.9. The lowest BCUT2D eigenvalue weighted by Gasteiger charge is -2.13. The molecule has 0 amide bonds. The third-order valence-corrected chi connectivity index (χ3v) is 4.28. The van der Waals surface area contributed by atoms with Gasteiger partial charge in [-0.25, -0.2) is 0 Å². The van der Waals surface area contributed by atoms with Crippen molar-refractivity contribution in [3.8, 4) is 11.5 Å². The largest absolute Gasteiger partial charge is 0.490 e. The first-order valence-corrected chi connectivity index (χ1v) is 10.5. The van der Waals surface area contributed by atoms with Crippen molar-refractivity contribution < 1.29 is 9.47 Å². The molecule has 0 fully saturated rings. The zero-order valence-electron chi connectivity index (χ0n) is 18.5. The summed E-state index contributed by atoms with van der Waals surface area (Å²) in [5, 5.41) is 14.7. The molecule has 0 saturated heterocycles. The van der Waals surface area contributed by atoms with E-state index in [1.165, 1.54) is 5.56 Å². The Balaban J connectivity index is 0.00000450. The van der Waals surface area contributed by atoms with Gasteiger partial charge in [-0.05, 0) is 44.9 Å². The number of halogens is 1. The maximum absolute atomic E-state index is 5.71. The number of hydrogen-bond donors (Lipinski definition) is 2. The molecule has 0 spiro atoms. The molecule has 168 valence electrons. The summed E-state index contributed by atoms with van der Waals surface area (Å²) in [5.41, 5.74) is 1.17. The summed E-state index contributed by atoms with van der Waals surface area (Å²) in [6.45, 7) is 12.4. The first-order valence-electron chi connectivity index (χ1n) is 10.5. The highest BCUT2D eigenvalue weighted by atomic mass is 127. The first-order chi connectivity index (χ1) is 14.2. The number of aromatic nitrogens is 3. The Morgan fingerprint density at radius 1 is 1.07 bits per heavy atom. The number of ether oxygens (including phenoxy) is 2. The van der Waals surface area contributed by atoms with Crippen molar-refractivity contribution in [3.63, 3.8) is 0 Å². The number of aryl methyl sites for hydroxylation is 1. The molecule has 8 nitrogen and oxygen atoms in total. The van der Waals surface area contributed by atoms with E-state index in [4.69, 9.17) is 9.47 Å². The van der Waals surface area contributed by atoms with Crippen molar-refractivity contribution in [1.29, 1.82) is 0 Å². The topological polar surface area (TPSA) is 85.6 Å². The van der Waals surface area contributed by atoms with Gasteiger partial charge in [0, 0.05) is 32.6 Å². The van der Waals surface area contributed by atoms with Crippen molar-refractivity contribution >= 4 is 29.9 Å². The average molecular weight is 530 g/mol. The molecule has 0 aliphatic rings. The maximum atomic E-state index is 5.71. The Morgan fingerprint density at radius 2 is 1.83 bits per heavy atom. The van der Waals surface area contributed by atoms with Crippen LogP contribution in [-0.2, 0) is 19.4 Å². The third-order valence-electron chi connectivity index (χ3n) is 4.28. The highest BCUT2D eigenvalue weighted by Crippen LogP contribution is 2.28. The minimum absolute atomic E-state index is 0. The van der Waals surface area contributed by atoms with Gasteiger partial charge in [-0.15, -0.1) is 34.2 Å². The van der Waals surface area contributed by atoms with Gasteiger partial charge in [0.15, 0.2) is 17.5 Å². The van der Waals surface area contributed by atoms with E-state index in [9.17, 15) is 0 Å². The van der Waals surface area contributed by atoms with Crippen LogP contribution in [0, 0.1) is 0 Å². The van der Waals surface area contributed by atoms with Gasteiger partial charge in [-0.1, -0.05) is 13.0 Å². The predicted octanol–water partition coefficient (Wildman–Crippen LogP) is 3.05. The average Bonchev–Trinajstić information content (AvgIpc) is 3.18. The summed E-state index contributed by atoms with van der Waals surface area (Å²) in [7, 11) is 0. The van der Waals surface area contributed by atoms with E-state index in [-0.39, 0.29) is 24.0 Å². The lowest BCUT2D eigenvalue weighted by molar-refractivity contribution is 0.287. The van der Waals surface area contributed by atoms with Gasteiger partial charge < -0.3 is 24.7 Å². The zero-order chi connectivity index (χ0) is 20.9. The highest BCUT2D eigenvalue weighted by Gasteiger charge is 2.06. The first kappa shape index (κ1) is 26.0. The van der Waals surface area contributed by atoms with Gasteiger partial charge in [-0.2, -0.15) is 0 Å². The van der Waals surface area contributed by atoms with Crippen molar-refractivity contribution in [2.45, 2.75) is 47.1 Å². The molecule has 1 aromatic carbocycles. The lowest BCUT2D eigenvalue weighted by Crippen LogP contribution is -2.39. The van der Waals surface area contributed by atoms with Crippen LogP contribution in [0.3, 0.4) is 0 Å². The molecule has 1 aromatic heterocycles. The summed E-state index contributed by atoms with van der Waals surface area (Å²) < 4.78 is 13.4. The van der Waals surface area contributed by atoms with E-state index in [0.717, 1.165) is 55.8 Å². The van der Waals surface area contributed by atoms with Crippen LogP contribution in [0.4, 0.5) is 0 Å². The van der Waals surface area contributed by atoms with E-state index >= 15 is 0 Å². The number of benzene rings is 1. The van der Waals surface area contributed by atoms with Gasteiger partial charge in [0.05, 0.1) is 13.2 Å². The molecule has 30 heavy (non-hydrogen) atoms. The Labute approximate surface area is 196 Å². The Kier molecular flexibility index (Phi) is 12.9. The second-order valence-corrected chi connectivity index (χ2v) is 6.38. The standard InChI is InChI=1S/C21H34N6O2.HI/c1-5-20-26-25-16-27(20)14-13-24-21(22-6-2)23-12-11-17-9-10-18(28-7-3)19(15-17)29-8-4;/h9-10,15-16H,5-8,11-14H2,1-4H3,(H2,22,23,24);1H. The second-order valence-electron chi connectivity index (χ2n) is 6.38. The van der Waals surface area contributed by atoms with Gasteiger partial charge >= 0.3 is 0 Å². The van der Waals surface area contributed by atoms with Crippen LogP contribution in [0.2, 0.25) is 0 Å². The predicted molar refractivity (Wildman–Crippen MR) is 131 cm³/mol. The summed E-state index contributed by atoms with van der Waals surface area (Å²) >= 11 is 0. The van der Waals surface area contributed by atoms with Crippen LogP contribution in [-0.4, -0.2) is 53.6 Å². The van der Waals surface area contributed by atoms with Gasteiger partial charge in [-0.3, -0.25) is 4.99 Å². The van der Waals surface area contributed by atoms with Crippen molar-refractivity contribution in [2.24, 2.45) is 4.99 Å². The highest BCUT2D eigenvalue weighted by molar-refractivity contribution is 14.0. The normalized spacial score (nSPS) is 11.0. The zero-order valence-corrected chi connectivity index (χ0v) is 20.8. The molecule has 2 aromatic rings. The maximum Gasteiger partial charge on any atom is 0.191 e. The molecule has 0 aliphatic heterocycles. The minimum atomic E-state index is 0. The molecule has 0 bridgehead atoms. The summed E-state index contributed by atoms with van der Waals surface area (Å²) in [5.74, 6) is 3.39. The molecule has 0 radical (unpaired) electrons. The van der Waals surface area contributed by atoms with E-state index in [1.807, 2.05) is 26.0 Å². The molecule has 1 heterocycles. The molecule has 2 N–H and O–H groups in total. The molecule has 0 unspecified atom stereocenters. The number of rotatable bonds is 12. The SMILES string of the molecule is CCNC(=NCCc1ccc(OCC)c(OCC)c1)NCCn1cnnc1CC.I. The van der Waals surface area contributed by atoms with E-state index in [1.54, 1.807) is 6.33 Å². The van der Waals surface area contributed by atoms with E-state index in [0.29, 0.717) is 19.8 Å². The molecular weight excluding hydrogens is 495 g/mol. The summed E-state index contributed by atoms with van der Waals surface area (Å²) in [6, 6.07) is 6.09. The Hall–Kier alpha value is -2.04. The van der Waals surface area contributed by atoms with Crippen LogP contribution < -0.4 is 20.1 Å². The number of nitrogens with zero attached hydrogens (tertiary/aromatic N) is 4. The van der Waals surface area contributed by atoms with Crippen LogP contribution in [0.1, 0.15) is 39.1 Å². The number of aliphatic imine (C=N–C) groups is 1. The molecule has 0 saturated carbocycles.